The van der Waals surface area contributed by atoms with Gasteiger partial charge in [-0.25, -0.2) is 9.59 Å². The van der Waals surface area contributed by atoms with E-state index in [1.54, 1.807) is 84.9 Å². The summed E-state index contributed by atoms with van der Waals surface area (Å²) in [6, 6.07) is 17.3. The van der Waals surface area contributed by atoms with Crippen LogP contribution in [0.1, 0.15) is 69.8 Å². The predicted octanol–water partition coefficient (Wildman–Crippen LogP) is 5.00. The number of hydrogen-bond acceptors (Lipinski definition) is 9. The number of carbonyl (C=O) groups is 4. The van der Waals surface area contributed by atoms with Gasteiger partial charge in [0.15, 0.2) is 0 Å². The van der Waals surface area contributed by atoms with Crippen molar-refractivity contribution in [3.05, 3.63) is 95.1 Å². The minimum atomic E-state index is -1.50. The first kappa shape index (κ1) is 38.9. The first-order valence-corrected chi connectivity index (χ1v) is 16.2. The molecule has 0 aromatic heterocycles. The van der Waals surface area contributed by atoms with E-state index in [2.05, 4.69) is 10.6 Å². The van der Waals surface area contributed by atoms with Crippen LogP contribution >= 0.6 is 0 Å². The van der Waals surface area contributed by atoms with Gasteiger partial charge in [-0.15, -0.1) is 0 Å². The topological polar surface area (TPSA) is 178 Å². The van der Waals surface area contributed by atoms with Crippen molar-refractivity contribution in [1.29, 1.82) is 5.26 Å². The summed E-state index contributed by atoms with van der Waals surface area (Å²) in [7, 11) is 0. The highest BCUT2D eigenvalue weighted by molar-refractivity contribution is 5.94. The van der Waals surface area contributed by atoms with Crippen LogP contribution in [0.15, 0.2) is 72.8 Å². The quantitative estimate of drug-likeness (QED) is 0.151. The highest BCUT2D eigenvalue weighted by Crippen LogP contribution is 2.28. The smallest absolute Gasteiger partial charge is 0.408 e. The van der Waals surface area contributed by atoms with E-state index < -0.39 is 59.7 Å². The summed E-state index contributed by atoms with van der Waals surface area (Å²) < 4.78 is 11.1. The van der Waals surface area contributed by atoms with Crippen LogP contribution in [0.25, 0.3) is 0 Å². The van der Waals surface area contributed by atoms with Crippen molar-refractivity contribution in [1.82, 2.24) is 15.5 Å². The number of aromatic hydroxyl groups is 2. The largest absolute Gasteiger partial charge is 0.508 e. The van der Waals surface area contributed by atoms with Crippen LogP contribution < -0.4 is 10.6 Å². The molecule has 0 saturated carbocycles. The molecule has 3 aromatic carbocycles. The fourth-order valence-electron chi connectivity index (χ4n) is 5.08. The minimum absolute atomic E-state index is 0.00249. The van der Waals surface area contributed by atoms with Crippen molar-refractivity contribution in [2.45, 2.75) is 90.6 Å². The second-order valence-corrected chi connectivity index (χ2v) is 13.9. The number of benzene rings is 3. The molecule has 0 saturated heterocycles. The molecule has 0 bridgehead atoms. The second-order valence-electron chi connectivity index (χ2n) is 13.9. The molecule has 0 aliphatic heterocycles. The number of carbonyl (C=O) groups excluding carboxylic acids is 4. The van der Waals surface area contributed by atoms with Gasteiger partial charge in [0, 0.05) is 12.8 Å². The van der Waals surface area contributed by atoms with E-state index in [0.717, 1.165) is 10.5 Å². The first-order chi connectivity index (χ1) is 23.4. The summed E-state index contributed by atoms with van der Waals surface area (Å²) in [5.41, 5.74) is 0.158. The normalized spacial score (nSPS) is 13.2. The number of nitrogens with zero attached hydrogens (tertiary/aromatic N) is 2. The number of alkyl carbamates (subject to hydrolysis) is 1. The number of ether oxygens (including phenoxy) is 2. The highest BCUT2D eigenvalue weighted by atomic mass is 16.6. The van der Waals surface area contributed by atoms with Gasteiger partial charge in [-0.2, -0.15) is 5.26 Å². The Morgan fingerprint density at radius 3 is 1.94 bits per heavy atom. The average Bonchev–Trinajstić information content (AvgIpc) is 3.01. The molecule has 12 heteroatoms. The number of nitriles is 1. The summed E-state index contributed by atoms with van der Waals surface area (Å²) >= 11 is 0. The molecule has 3 unspecified atom stereocenters. The maximum absolute atomic E-state index is 14.5. The number of phenols is 2. The Morgan fingerprint density at radius 2 is 1.38 bits per heavy atom. The molecule has 0 radical (unpaired) electrons. The molecule has 0 aliphatic carbocycles. The maximum Gasteiger partial charge on any atom is 0.408 e. The van der Waals surface area contributed by atoms with Crippen molar-refractivity contribution in [2.24, 2.45) is 0 Å². The Balaban J connectivity index is 2.12. The number of nitrogens with one attached hydrogen (secondary N) is 2. The molecule has 50 heavy (non-hydrogen) atoms. The molecule has 0 fully saturated rings. The molecular weight excluding hydrogens is 640 g/mol. The molecule has 12 nitrogen and oxygen atoms in total. The molecule has 266 valence electrons. The number of esters is 1. The number of aryl methyl sites for hydroxylation is 1. The molecule has 3 rings (SSSR count). The molecular formula is C38H46N4O8. The second kappa shape index (κ2) is 16.7. The van der Waals surface area contributed by atoms with E-state index >= 15 is 0 Å². The van der Waals surface area contributed by atoms with E-state index in [4.69, 9.17) is 9.47 Å². The first-order valence-electron chi connectivity index (χ1n) is 16.2. The minimum Gasteiger partial charge on any atom is -0.508 e. The molecule has 0 heterocycles. The molecule has 3 amide bonds. The van der Waals surface area contributed by atoms with Crippen LogP contribution in [0.3, 0.4) is 0 Å². The third-order valence-electron chi connectivity index (χ3n) is 7.28. The molecule has 0 aliphatic rings. The van der Waals surface area contributed by atoms with Crippen LogP contribution in [0.2, 0.25) is 0 Å². The standard InChI is InChI=1S/C38H46N4O8/c1-24-21-27(15-18-31(24)44)32(33(45)40-30(35(47)49-37(2,3)4)23-25-11-9-8-10-12-25)42(20-19-39)34(46)29(41-36(48)50-38(5,6)7)22-26-13-16-28(43)17-14-26/h8-18,21,29-30,32,43-44H,20,22-23H2,1-7H3,(H,40,45)(H,41,48). The zero-order valence-corrected chi connectivity index (χ0v) is 29.5. The third-order valence-corrected chi connectivity index (χ3v) is 7.28. The van der Waals surface area contributed by atoms with E-state index in [1.807, 2.05) is 12.1 Å². The fourth-order valence-corrected chi connectivity index (χ4v) is 5.08. The van der Waals surface area contributed by atoms with Crippen molar-refractivity contribution >= 4 is 23.9 Å². The number of hydrogen-bond donors (Lipinski definition) is 4. The van der Waals surface area contributed by atoms with Crippen molar-refractivity contribution in [3.8, 4) is 17.6 Å². The SMILES string of the molecule is Cc1cc(C(C(=O)NC(Cc2ccccc2)C(=O)OC(C)(C)C)N(CC#N)C(=O)C(Cc2ccc(O)cc2)NC(=O)OC(C)(C)C)ccc1O. The van der Waals surface area contributed by atoms with Crippen LogP contribution in [0.4, 0.5) is 4.79 Å². The Labute approximate surface area is 293 Å². The Hall–Kier alpha value is -5.57. The summed E-state index contributed by atoms with van der Waals surface area (Å²) in [5.74, 6) is -2.36. The summed E-state index contributed by atoms with van der Waals surface area (Å²) in [6.07, 6.45) is -0.919. The van der Waals surface area contributed by atoms with Gasteiger partial charge in [0.05, 0.1) is 6.07 Å². The van der Waals surface area contributed by atoms with Gasteiger partial charge in [0.2, 0.25) is 11.8 Å². The van der Waals surface area contributed by atoms with Gasteiger partial charge >= 0.3 is 12.1 Å². The zero-order chi connectivity index (χ0) is 37.2. The van der Waals surface area contributed by atoms with Gasteiger partial charge in [-0.05, 0) is 95.0 Å². The Bertz CT molecular complexity index is 1690. The summed E-state index contributed by atoms with van der Waals surface area (Å²) in [6.45, 7) is 11.1. The van der Waals surface area contributed by atoms with Crippen molar-refractivity contribution in [2.75, 3.05) is 6.54 Å². The zero-order valence-electron chi connectivity index (χ0n) is 29.5. The van der Waals surface area contributed by atoms with Crippen LogP contribution in [-0.4, -0.2) is 68.8 Å². The van der Waals surface area contributed by atoms with E-state index in [1.165, 1.54) is 30.3 Å². The summed E-state index contributed by atoms with van der Waals surface area (Å²) in [4.78, 5) is 56.4. The van der Waals surface area contributed by atoms with E-state index in [-0.39, 0.29) is 29.9 Å². The lowest BCUT2D eigenvalue weighted by Crippen LogP contribution is -2.55. The van der Waals surface area contributed by atoms with Crippen LogP contribution in [-0.2, 0) is 36.7 Å². The molecule has 3 aromatic rings. The Kier molecular flexibility index (Phi) is 13.0. The van der Waals surface area contributed by atoms with Crippen molar-refractivity contribution in [3.63, 3.8) is 0 Å². The summed E-state index contributed by atoms with van der Waals surface area (Å²) in [5, 5.41) is 35.4. The van der Waals surface area contributed by atoms with Gasteiger partial charge in [0.25, 0.3) is 0 Å². The van der Waals surface area contributed by atoms with Gasteiger partial charge < -0.3 is 35.2 Å². The average molecular weight is 687 g/mol. The Morgan fingerprint density at radius 1 is 0.800 bits per heavy atom. The molecule has 4 N–H and O–H groups in total. The van der Waals surface area contributed by atoms with Crippen molar-refractivity contribution < 1.29 is 38.9 Å². The monoisotopic (exact) mass is 686 g/mol. The van der Waals surface area contributed by atoms with Crippen LogP contribution in [0.5, 0.6) is 11.5 Å². The maximum atomic E-state index is 14.5. The molecule has 0 spiro atoms. The number of amides is 3. The van der Waals surface area contributed by atoms with E-state index in [9.17, 15) is 34.7 Å². The highest BCUT2D eigenvalue weighted by Gasteiger charge is 2.38. The van der Waals surface area contributed by atoms with Gasteiger partial charge in [-0.1, -0.05) is 48.5 Å². The lowest BCUT2D eigenvalue weighted by molar-refractivity contribution is -0.159. The third kappa shape index (κ3) is 11.8. The lowest BCUT2D eigenvalue weighted by Gasteiger charge is -2.34. The lowest BCUT2D eigenvalue weighted by atomic mass is 9.98. The van der Waals surface area contributed by atoms with Gasteiger partial charge in [0.1, 0.15) is 47.4 Å². The predicted molar refractivity (Wildman–Crippen MR) is 186 cm³/mol. The van der Waals surface area contributed by atoms with E-state index in [0.29, 0.717) is 11.1 Å². The number of rotatable bonds is 12. The van der Waals surface area contributed by atoms with Crippen LogP contribution in [0, 0.1) is 18.3 Å². The van der Waals surface area contributed by atoms with Gasteiger partial charge in [-0.3, -0.25) is 9.59 Å². The molecule has 3 atom stereocenters. The number of phenolic OH excluding ortho intramolecular Hbond substituents is 2. The fraction of sp³-hybridized carbons (Fsp3) is 0.395.